The number of hydrogen-bond donors (Lipinski definition) is 1. The molecule has 5 heteroatoms. The zero-order valence-electron chi connectivity index (χ0n) is 11.1. The fraction of sp³-hybridized carbons (Fsp3) is 0.692. The third-order valence-electron chi connectivity index (χ3n) is 3.68. The molecule has 0 spiro atoms. The third kappa shape index (κ3) is 2.49. The number of nitrogens with two attached hydrogens (primary N) is 1. The summed E-state index contributed by atoms with van der Waals surface area (Å²) in [6.07, 6.45) is 6.28. The van der Waals surface area contributed by atoms with Crippen LogP contribution >= 0.6 is 0 Å². The van der Waals surface area contributed by atoms with Crippen LogP contribution in [0.3, 0.4) is 0 Å². The van der Waals surface area contributed by atoms with E-state index in [-0.39, 0.29) is 5.69 Å². The SMILES string of the molecule is CCOC(=O)c1ncn(C2CCC(C)CC2)c1N. The van der Waals surface area contributed by atoms with Crippen molar-refractivity contribution in [2.24, 2.45) is 5.92 Å². The molecule has 2 N–H and O–H groups in total. The number of anilines is 1. The molecule has 1 aliphatic carbocycles. The minimum atomic E-state index is -0.432. The summed E-state index contributed by atoms with van der Waals surface area (Å²) < 4.78 is 6.86. The van der Waals surface area contributed by atoms with Crippen LogP contribution in [-0.4, -0.2) is 22.1 Å². The molecule has 0 unspecified atom stereocenters. The maximum absolute atomic E-state index is 11.6. The van der Waals surface area contributed by atoms with E-state index < -0.39 is 5.97 Å². The van der Waals surface area contributed by atoms with E-state index in [9.17, 15) is 4.79 Å². The van der Waals surface area contributed by atoms with Gasteiger partial charge in [0.25, 0.3) is 0 Å². The van der Waals surface area contributed by atoms with Crippen molar-refractivity contribution in [3.63, 3.8) is 0 Å². The first-order valence-electron chi connectivity index (χ1n) is 6.62. The highest BCUT2D eigenvalue weighted by atomic mass is 16.5. The lowest BCUT2D eigenvalue weighted by molar-refractivity contribution is 0.0521. The van der Waals surface area contributed by atoms with E-state index in [1.807, 2.05) is 4.57 Å². The van der Waals surface area contributed by atoms with Crippen molar-refractivity contribution in [2.75, 3.05) is 12.3 Å². The second-order valence-corrected chi connectivity index (χ2v) is 5.02. The largest absolute Gasteiger partial charge is 0.461 e. The van der Waals surface area contributed by atoms with Crippen molar-refractivity contribution >= 4 is 11.8 Å². The molecule has 18 heavy (non-hydrogen) atoms. The number of carbonyl (C=O) groups is 1. The van der Waals surface area contributed by atoms with Gasteiger partial charge in [-0.2, -0.15) is 0 Å². The fourth-order valence-electron chi connectivity index (χ4n) is 2.54. The molecule has 1 aromatic heterocycles. The van der Waals surface area contributed by atoms with E-state index in [1.54, 1.807) is 13.3 Å². The summed E-state index contributed by atoms with van der Waals surface area (Å²) in [4.78, 5) is 15.7. The molecular formula is C13H21N3O2. The Bertz CT molecular complexity index is 420. The molecule has 0 aliphatic heterocycles. The molecule has 100 valence electrons. The minimum Gasteiger partial charge on any atom is -0.461 e. The number of ether oxygens (including phenoxy) is 1. The van der Waals surface area contributed by atoms with Gasteiger partial charge in [0, 0.05) is 6.04 Å². The minimum absolute atomic E-state index is 0.246. The highest BCUT2D eigenvalue weighted by Crippen LogP contribution is 2.33. The normalized spacial score (nSPS) is 23.9. The molecule has 1 aliphatic rings. The monoisotopic (exact) mass is 251 g/mol. The van der Waals surface area contributed by atoms with Crippen molar-refractivity contribution in [1.82, 2.24) is 9.55 Å². The topological polar surface area (TPSA) is 70.1 Å². The molecule has 1 aromatic rings. The van der Waals surface area contributed by atoms with Crippen LogP contribution in [0.15, 0.2) is 6.33 Å². The average Bonchev–Trinajstić information content (AvgIpc) is 2.73. The van der Waals surface area contributed by atoms with Gasteiger partial charge in [0.1, 0.15) is 5.82 Å². The van der Waals surface area contributed by atoms with Crippen molar-refractivity contribution in [2.45, 2.75) is 45.6 Å². The Balaban J connectivity index is 2.13. The highest BCUT2D eigenvalue weighted by molar-refractivity contribution is 5.92. The molecule has 0 radical (unpaired) electrons. The summed E-state index contributed by atoms with van der Waals surface area (Å²) in [5.74, 6) is 0.793. The first kappa shape index (κ1) is 12.9. The molecule has 5 nitrogen and oxygen atoms in total. The lowest BCUT2D eigenvalue weighted by atomic mass is 9.87. The van der Waals surface area contributed by atoms with Gasteiger partial charge in [0.15, 0.2) is 5.69 Å². The van der Waals surface area contributed by atoms with Crippen LogP contribution in [0.2, 0.25) is 0 Å². The van der Waals surface area contributed by atoms with E-state index >= 15 is 0 Å². The van der Waals surface area contributed by atoms with Crippen LogP contribution < -0.4 is 5.73 Å². The van der Waals surface area contributed by atoms with Crippen molar-refractivity contribution < 1.29 is 9.53 Å². The number of nitrogens with zero attached hydrogens (tertiary/aromatic N) is 2. The number of carbonyl (C=O) groups excluding carboxylic acids is 1. The molecule has 2 rings (SSSR count). The summed E-state index contributed by atoms with van der Waals surface area (Å²) in [6, 6.07) is 0.372. The fourth-order valence-corrected chi connectivity index (χ4v) is 2.54. The maximum Gasteiger partial charge on any atom is 0.360 e. The molecule has 0 aromatic carbocycles. The van der Waals surface area contributed by atoms with E-state index in [2.05, 4.69) is 11.9 Å². The quantitative estimate of drug-likeness (QED) is 0.837. The van der Waals surface area contributed by atoms with Crippen LogP contribution in [0, 0.1) is 5.92 Å². The van der Waals surface area contributed by atoms with Gasteiger partial charge in [-0.1, -0.05) is 6.92 Å². The van der Waals surface area contributed by atoms with E-state index in [0.29, 0.717) is 18.5 Å². The number of imidazole rings is 1. The third-order valence-corrected chi connectivity index (χ3v) is 3.68. The molecule has 0 amide bonds. The van der Waals surface area contributed by atoms with Gasteiger partial charge in [-0.05, 0) is 38.5 Å². The molecule has 1 heterocycles. The van der Waals surface area contributed by atoms with Crippen LogP contribution in [0.25, 0.3) is 0 Å². The van der Waals surface area contributed by atoms with Crippen LogP contribution in [-0.2, 0) is 4.74 Å². The second kappa shape index (κ2) is 5.42. The van der Waals surface area contributed by atoms with E-state index in [1.165, 1.54) is 12.8 Å². The summed E-state index contributed by atoms with van der Waals surface area (Å²) in [5.41, 5.74) is 6.25. The van der Waals surface area contributed by atoms with E-state index in [0.717, 1.165) is 18.8 Å². The van der Waals surface area contributed by atoms with E-state index in [4.69, 9.17) is 10.5 Å². The number of nitrogen functional groups attached to an aromatic ring is 1. The zero-order valence-corrected chi connectivity index (χ0v) is 11.1. The Morgan fingerprint density at radius 1 is 1.50 bits per heavy atom. The van der Waals surface area contributed by atoms with Gasteiger partial charge < -0.3 is 15.0 Å². The number of rotatable bonds is 3. The van der Waals surface area contributed by atoms with Gasteiger partial charge in [-0.15, -0.1) is 0 Å². The smallest absolute Gasteiger partial charge is 0.360 e. The predicted octanol–water partition coefficient (Wildman–Crippen LogP) is 2.39. The Kier molecular flexibility index (Phi) is 3.89. The lowest BCUT2D eigenvalue weighted by Gasteiger charge is -2.27. The predicted molar refractivity (Wildman–Crippen MR) is 69.3 cm³/mol. The van der Waals surface area contributed by atoms with Gasteiger partial charge >= 0.3 is 5.97 Å². The van der Waals surface area contributed by atoms with Crippen LogP contribution in [0.5, 0.6) is 0 Å². The van der Waals surface area contributed by atoms with Crippen molar-refractivity contribution in [3.05, 3.63) is 12.0 Å². The summed E-state index contributed by atoms with van der Waals surface area (Å²) >= 11 is 0. The zero-order chi connectivity index (χ0) is 13.1. The molecule has 0 bridgehead atoms. The summed E-state index contributed by atoms with van der Waals surface area (Å²) in [6.45, 7) is 4.39. The molecule has 0 saturated heterocycles. The Labute approximate surface area is 107 Å². The maximum atomic E-state index is 11.6. The average molecular weight is 251 g/mol. The van der Waals surface area contributed by atoms with Gasteiger partial charge in [-0.3, -0.25) is 0 Å². The Hall–Kier alpha value is -1.52. The van der Waals surface area contributed by atoms with Crippen LogP contribution in [0.4, 0.5) is 5.82 Å². The van der Waals surface area contributed by atoms with Gasteiger partial charge in [0.05, 0.1) is 12.9 Å². The van der Waals surface area contributed by atoms with Gasteiger partial charge in [-0.25, -0.2) is 9.78 Å². The summed E-state index contributed by atoms with van der Waals surface area (Å²) in [7, 11) is 0. The highest BCUT2D eigenvalue weighted by Gasteiger charge is 2.24. The lowest BCUT2D eigenvalue weighted by Crippen LogP contribution is -2.18. The number of esters is 1. The van der Waals surface area contributed by atoms with Crippen molar-refractivity contribution in [1.29, 1.82) is 0 Å². The number of aromatic nitrogens is 2. The van der Waals surface area contributed by atoms with Crippen molar-refractivity contribution in [3.8, 4) is 0 Å². The molecular weight excluding hydrogens is 230 g/mol. The molecule has 1 saturated carbocycles. The Morgan fingerprint density at radius 2 is 2.17 bits per heavy atom. The second-order valence-electron chi connectivity index (χ2n) is 5.02. The standard InChI is InChI=1S/C13H21N3O2/c1-3-18-13(17)11-12(14)16(8-15-11)10-6-4-9(2)5-7-10/h8-10H,3-7,14H2,1-2H3. The van der Waals surface area contributed by atoms with Crippen LogP contribution in [0.1, 0.15) is 56.1 Å². The molecule has 1 fully saturated rings. The Morgan fingerprint density at radius 3 is 2.78 bits per heavy atom. The first-order valence-corrected chi connectivity index (χ1v) is 6.62. The number of hydrogen-bond acceptors (Lipinski definition) is 4. The van der Waals surface area contributed by atoms with Gasteiger partial charge in [0.2, 0.25) is 0 Å². The first-order chi connectivity index (χ1) is 8.63. The summed E-state index contributed by atoms with van der Waals surface area (Å²) in [5, 5.41) is 0. The molecule has 0 atom stereocenters.